The van der Waals surface area contributed by atoms with Crippen LogP contribution >= 0.6 is 0 Å². The number of rotatable bonds is 5. The molecule has 1 saturated heterocycles. The van der Waals surface area contributed by atoms with Crippen LogP contribution in [-0.2, 0) is 6.54 Å². The first kappa shape index (κ1) is 17.1. The molecule has 1 N–H and O–H groups in total. The molecule has 2 heterocycles. The summed E-state index contributed by atoms with van der Waals surface area (Å²) in [4.78, 5) is 18.8. The van der Waals surface area contributed by atoms with Gasteiger partial charge in [0.2, 0.25) is 0 Å². The molecule has 0 unspecified atom stereocenters. The third kappa shape index (κ3) is 3.84. The fraction of sp³-hybridized carbons (Fsp3) is 0.368. The number of hydrogen-bond acceptors (Lipinski definition) is 4. The molecule has 0 saturated carbocycles. The van der Waals surface area contributed by atoms with E-state index in [1.165, 1.54) is 0 Å². The fourth-order valence-electron chi connectivity index (χ4n) is 3.20. The van der Waals surface area contributed by atoms with Crippen LogP contribution < -0.4 is 14.8 Å². The first-order valence-electron chi connectivity index (χ1n) is 8.39. The minimum Gasteiger partial charge on any atom is -0.497 e. The van der Waals surface area contributed by atoms with Crippen LogP contribution in [0, 0.1) is 0 Å². The van der Waals surface area contributed by atoms with E-state index in [1.54, 1.807) is 20.4 Å². The fourth-order valence-corrected chi connectivity index (χ4v) is 3.20. The molecule has 2 amide bonds. The number of carbonyl (C=O) groups is 1. The summed E-state index contributed by atoms with van der Waals surface area (Å²) in [6.45, 7) is 1.14. The third-order valence-electron chi connectivity index (χ3n) is 4.46. The summed E-state index contributed by atoms with van der Waals surface area (Å²) < 4.78 is 10.8. The van der Waals surface area contributed by atoms with Gasteiger partial charge in [-0.3, -0.25) is 4.98 Å². The lowest BCUT2D eigenvalue weighted by atomic mass is 10.0. The lowest BCUT2D eigenvalue weighted by Gasteiger charge is -2.26. The molecule has 0 bridgehead atoms. The van der Waals surface area contributed by atoms with E-state index in [0.717, 1.165) is 42.1 Å². The Labute approximate surface area is 147 Å². The molecule has 1 fully saturated rings. The molecule has 1 atom stereocenters. The zero-order valence-electron chi connectivity index (χ0n) is 14.6. The van der Waals surface area contributed by atoms with Gasteiger partial charge in [0.1, 0.15) is 11.5 Å². The van der Waals surface area contributed by atoms with Crippen LogP contribution in [0.3, 0.4) is 0 Å². The van der Waals surface area contributed by atoms with Crippen LogP contribution in [0.1, 0.15) is 30.1 Å². The molecule has 132 valence electrons. The Morgan fingerprint density at radius 2 is 2.16 bits per heavy atom. The van der Waals surface area contributed by atoms with Crippen LogP contribution in [0.5, 0.6) is 11.5 Å². The highest BCUT2D eigenvalue weighted by Gasteiger charge is 2.32. The molecule has 6 nitrogen and oxygen atoms in total. The average Bonchev–Trinajstić information content (AvgIpc) is 3.16. The van der Waals surface area contributed by atoms with E-state index in [1.807, 2.05) is 41.3 Å². The Hall–Kier alpha value is -2.76. The topological polar surface area (TPSA) is 63.7 Å². The first-order chi connectivity index (χ1) is 12.2. The molecule has 2 aromatic rings. The van der Waals surface area contributed by atoms with Crippen molar-refractivity contribution in [3.8, 4) is 11.5 Å². The molecular formula is C19H23N3O3. The second kappa shape index (κ2) is 7.88. The monoisotopic (exact) mass is 341 g/mol. The Morgan fingerprint density at radius 3 is 2.88 bits per heavy atom. The van der Waals surface area contributed by atoms with Crippen molar-refractivity contribution in [3.05, 3.63) is 53.9 Å². The number of hydrogen-bond donors (Lipinski definition) is 1. The number of likely N-dealkylation sites (tertiary alicyclic amines) is 1. The van der Waals surface area contributed by atoms with Crippen molar-refractivity contribution in [2.75, 3.05) is 20.8 Å². The van der Waals surface area contributed by atoms with Crippen molar-refractivity contribution in [1.82, 2.24) is 15.2 Å². The maximum absolute atomic E-state index is 12.7. The van der Waals surface area contributed by atoms with Gasteiger partial charge in [0, 0.05) is 18.3 Å². The van der Waals surface area contributed by atoms with Crippen molar-refractivity contribution in [3.63, 3.8) is 0 Å². The molecule has 0 spiro atoms. The van der Waals surface area contributed by atoms with Gasteiger partial charge in [0.05, 0.1) is 32.5 Å². The standard InChI is InChI=1S/C19H23N3O3/c1-24-15-8-9-18(25-2)16(12-15)17-7-5-11-22(17)19(23)21-13-14-6-3-4-10-20-14/h3-4,6,8-10,12,17H,5,7,11,13H2,1-2H3,(H,21,23)/t17-/m0/s1. The lowest BCUT2D eigenvalue weighted by Crippen LogP contribution is -2.39. The van der Waals surface area contributed by atoms with Gasteiger partial charge >= 0.3 is 6.03 Å². The highest BCUT2D eigenvalue weighted by molar-refractivity contribution is 5.75. The number of ether oxygens (including phenoxy) is 2. The number of pyridine rings is 1. The van der Waals surface area contributed by atoms with E-state index >= 15 is 0 Å². The van der Waals surface area contributed by atoms with E-state index in [4.69, 9.17) is 9.47 Å². The summed E-state index contributed by atoms with van der Waals surface area (Å²) in [5.74, 6) is 1.53. The van der Waals surface area contributed by atoms with Crippen LogP contribution in [0.4, 0.5) is 4.79 Å². The summed E-state index contributed by atoms with van der Waals surface area (Å²) in [7, 11) is 3.28. The minimum atomic E-state index is -0.0852. The third-order valence-corrected chi connectivity index (χ3v) is 4.46. The molecular weight excluding hydrogens is 318 g/mol. The summed E-state index contributed by atoms with van der Waals surface area (Å²) in [5, 5.41) is 2.96. The molecule has 3 rings (SSSR count). The first-order valence-corrected chi connectivity index (χ1v) is 8.39. The number of aromatic nitrogens is 1. The minimum absolute atomic E-state index is 0.0196. The lowest BCUT2D eigenvalue weighted by molar-refractivity contribution is 0.191. The normalized spacial score (nSPS) is 16.6. The summed E-state index contributed by atoms with van der Waals surface area (Å²) in [6.07, 6.45) is 3.59. The predicted octanol–water partition coefficient (Wildman–Crippen LogP) is 3.15. The highest BCUT2D eigenvalue weighted by Crippen LogP contribution is 2.38. The van der Waals surface area contributed by atoms with Gasteiger partial charge in [0.25, 0.3) is 0 Å². The van der Waals surface area contributed by atoms with Gasteiger partial charge < -0.3 is 19.7 Å². The number of urea groups is 1. The van der Waals surface area contributed by atoms with Gasteiger partial charge in [0.15, 0.2) is 0 Å². The highest BCUT2D eigenvalue weighted by atomic mass is 16.5. The van der Waals surface area contributed by atoms with Crippen molar-refractivity contribution < 1.29 is 14.3 Å². The van der Waals surface area contributed by atoms with E-state index in [-0.39, 0.29) is 12.1 Å². The largest absolute Gasteiger partial charge is 0.497 e. The molecule has 0 radical (unpaired) electrons. The van der Waals surface area contributed by atoms with Gasteiger partial charge in [-0.1, -0.05) is 6.07 Å². The van der Waals surface area contributed by atoms with Crippen LogP contribution in [0.15, 0.2) is 42.6 Å². The average molecular weight is 341 g/mol. The van der Waals surface area contributed by atoms with Crippen molar-refractivity contribution in [2.45, 2.75) is 25.4 Å². The SMILES string of the molecule is COc1ccc(OC)c([C@@H]2CCCN2C(=O)NCc2ccccn2)c1. The molecule has 0 aliphatic carbocycles. The second-order valence-corrected chi connectivity index (χ2v) is 5.94. The second-order valence-electron chi connectivity index (χ2n) is 5.94. The van der Waals surface area contributed by atoms with E-state index in [2.05, 4.69) is 10.3 Å². The van der Waals surface area contributed by atoms with E-state index < -0.39 is 0 Å². The summed E-state index contributed by atoms with van der Waals surface area (Å²) in [5.41, 5.74) is 1.82. The number of amides is 2. The maximum atomic E-state index is 12.7. The molecule has 25 heavy (non-hydrogen) atoms. The molecule has 6 heteroatoms. The predicted molar refractivity (Wildman–Crippen MR) is 94.7 cm³/mol. The van der Waals surface area contributed by atoms with Crippen LogP contribution in [0.2, 0.25) is 0 Å². The number of nitrogens with one attached hydrogen (secondary N) is 1. The summed E-state index contributed by atoms with van der Waals surface area (Å²) in [6, 6.07) is 11.3. The van der Waals surface area contributed by atoms with Gasteiger partial charge in [-0.2, -0.15) is 0 Å². The zero-order chi connectivity index (χ0) is 17.6. The molecule has 1 aliphatic heterocycles. The number of benzene rings is 1. The number of methoxy groups -OCH3 is 2. The van der Waals surface area contributed by atoms with Crippen molar-refractivity contribution in [2.24, 2.45) is 0 Å². The zero-order valence-corrected chi connectivity index (χ0v) is 14.6. The Bertz CT molecular complexity index is 721. The van der Waals surface area contributed by atoms with Crippen molar-refractivity contribution >= 4 is 6.03 Å². The summed E-state index contributed by atoms with van der Waals surface area (Å²) >= 11 is 0. The van der Waals surface area contributed by atoms with Crippen LogP contribution in [0.25, 0.3) is 0 Å². The number of nitrogens with zero attached hydrogens (tertiary/aromatic N) is 2. The molecule has 1 aromatic heterocycles. The Kier molecular flexibility index (Phi) is 5.38. The molecule has 1 aromatic carbocycles. The van der Waals surface area contributed by atoms with E-state index in [0.29, 0.717) is 6.54 Å². The van der Waals surface area contributed by atoms with E-state index in [9.17, 15) is 4.79 Å². The smallest absolute Gasteiger partial charge is 0.318 e. The van der Waals surface area contributed by atoms with Gasteiger partial charge in [-0.25, -0.2) is 4.79 Å². The number of carbonyl (C=O) groups excluding carboxylic acids is 1. The molecule has 1 aliphatic rings. The van der Waals surface area contributed by atoms with Gasteiger partial charge in [-0.05, 0) is 43.2 Å². The van der Waals surface area contributed by atoms with Gasteiger partial charge in [-0.15, -0.1) is 0 Å². The van der Waals surface area contributed by atoms with Crippen molar-refractivity contribution in [1.29, 1.82) is 0 Å². The maximum Gasteiger partial charge on any atom is 0.318 e. The van der Waals surface area contributed by atoms with Crippen LogP contribution in [-0.4, -0.2) is 36.7 Å². The Balaban J connectivity index is 1.75. The Morgan fingerprint density at radius 1 is 1.28 bits per heavy atom. The quantitative estimate of drug-likeness (QED) is 0.907.